The van der Waals surface area contributed by atoms with Crippen molar-refractivity contribution in [2.75, 3.05) is 5.32 Å². The zero-order chi connectivity index (χ0) is 19.3. The van der Waals surface area contributed by atoms with Crippen LogP contribution in [0.5, 0.6) is 11.5 Å². The van der Waals surface area contributed by atoms with E-state index in [1.807, 2.05) is 30.3 Å². The Kier molecular flexibility index (Phi) is 4.75. The Balaban J connectivity index is 1.43. The second-order valence-corrected chi connectivity index (χ2v) is 5.80. The molecule has 0 bridgehead atoms. The lowest BCUT2D eigenvalue weighted by Gasteiger charge is -2.08. The van der Waals surface area contributed by atoms with Gasteiger partial charge in [-0.1, -0.05) is 24.3 Å². The molecule has 2 heterocycles. The number of carbonyl (C=O) groups is 1. The van der Waals surface area contributed by atoms with E-state index in [1.165, 1.54) is 6.26 Å². The van der Waals surface area contributed by atoms with Crippen LogP contribution < -0.4 is 15.8 Å². The number of carbonyl (C=O) groups excluding carboxylic acids is 1. The van der Waals surface area contributed by atoms with Gasteiger partial charge in [0.1, 0.15) is 18.0 Å². The standard InChI is InChI=1S/C20H15N3O5/c24-18(13-23-20(25)28-19(22-23)17-10-5-11-26-17)21-14-6-4-9-16(12-14)27-15-7-2-1-3-8-15/h1-12H,13H2,(H,21,24). The molecule has 4 aromatic rings. The molecule has 0 atom stereocenters. The van der Waals surface area contributed by atoms with Crippen LogP contribution in [0.4, 0.5) is 5.69 Å². The van der Waals surface area contributed by atoms with Crippen molar-refractivity contribution in [1.29, 1.82) is 0 Å². The van der Waals surface area contributed by atoms with Crippen molar-refractivity contribution < 1.29 is 18.4 Å². The SMILES string of the molecule is O=C(Cn1nc(-c2ccco2)oc1=O)Nc1cccc(Oc2ccccc2)c1. The number of rotatable bonds is 6. The first-order valence-electron chi connectivity index (χ1n) is 8.42. The Morgan fingerprint density at radius 3 is 2.64 bits per heavy atom. The fourth-order valence-electron chi connectivity index (χ4n) is 2.50. The summed E-state index contributed by atoms with van der Waals surface area (Å²) in [7, 11) is 0. The van der Waals surface area contributed by atoms with Crippen LogP contribution in [-0.4, -0.2) is 15.7 Å². The van der Waals surface area contributed by atoms with Gasteiger partial charge in [0.05, 0.1) is 6.26 Å². The average molecular weight is 377 g/mol. The molecule has 28 heavy (non-hydrogen) atoms. The number of nitrogens with one attached hydrogen (secondary N) is 1. The number of benzene rings is 2. The fourth-order valence-corrected chi connectivity index (χ4v) is 2.50. The minimum Gasteiger partial charge on any atom is -0.459 e. The number of hydrogen-bond acceptors (Lipinski definition) is 6. The number of anilines is 1. The minimum atomic E-state index is -0.747. The third-order valence-electron chi connectivity index (χ3n) is 3.73. The zero-order valence-corrected chi connectivity index (χ0v) is 14.6. The molecule has 0 aliphatic carbocycles. The lowest BCUT2D eigenvalue weighted by Crippen LogP contribution is -2.25. The van der Waals surface area contributed by atoms with Gasteiger partial charge in [0, 0.05) is 11.8 Å². The monoisotopic (exact) mass is 377 g/mol. The maximum Gasteiger partial charge on any atom is 0.437 e. The highest BCUT2D eigenvalue weighted by molar-refractivity contribution is 5.90. The van der Waals surface area contributed by atoms with E-state index in [0.717, 1.165) is 4.68 Å². The molecule has 140 valence electrons. The first-order chi connectivity index (χ1) is 13.7. The van der Waals surface area contributed by atoms with Crippen LogP contribution in [0.25, 0.3) is 11.7 Å². The number of amides is 1. The third kappa shape index (κ3) is 4.01. The van der Waals surface area contributed by atoms with Gasteiger partial charge in [0.25, 0.3) is 5.89 Å². The largest absolute Gasteiger partial charge is 0.459 e. The molecule has 0 radical (unpaired) electrons. The maximum absolute atomic E-state index is 12.3. The quantitative estimate of drug-likeness (QED) is 0.552. The highest BCUT2D eigenvalue weighted by atomic mass is 16.5. The lowest BCUT2D eigenvalue weighted by molar-refractivity contribution is -0.117. The normalized spacial score (nSPS) is 10.6. The van der Waals surface area contributed by atoms with Crippen molar-refractivity contribution in [3.8, 4) is 23.1 Å². The van der Waals surface area contributed by atoms with E-state index in [1.54, 1.807) is 36.4 Å². The number of nitrogens with zero attached hydrogens (tertiary/aromatic N) is 2. The molecule has 1 N–H and O–H groups in total. The van der Waals surface area contributed by atoms with E-state index >= 15 is 0 Å². The van der Waals surface area contributed by atoms with Crippen LogP contribution >= 0.6 is 0 Å². The van der Waals surface area contributed by atoms with E-state index in [4.69, 9.17) is 13.6 Å². The minimum absolute atomic E-state index is 0.0149. The van der Waals surface area contributed by atoms with Gasteiger partial charge in [-0.15, -0.1) is 5.10 Å². The molecule has 8 nitrogen and oxygen atoms in total. The summed E-state index contributed by atoms with van der Waals surface area (Å²) in [4.78, 5) is 24.2. The van der Waals surface area contributed by atoms with E-state index in [9.17, 15) is 9.59 Å². The topological polar surface area (TPSA) is 99.5 Å². The summed E-state index contributed by atoms with van der Waals surface area (Å²) in [6.07, 6.45) is 1.44. The summed E-state index contributed by atoms with van der Waals surface area (Å²) in [6.45, 7) is -0.299. The number of furan rings is 1. The average Bonchev–Trinajstić information content (AvgIpc) is 3.33. The van der Waals surface area contributed by atoms with Gasteiger partial charge < -0.3 is 18.9 Å². The predicted molar refractivity (Wildman–Crippen MR) is 100 cm³/mol. The number of para-hydroxylation sites is 1. The van der Waals surface area contributed by atoms with Gasteiger partial charge in [-0.05, 0) is 36.4 Å². The number of ether oxygens (including phenoxy) is 1. The molecule has 4 rings (SSSR count). The molecule has 0 spiro atoms. The first-order valence-corrected chi connectivity index (χ1v) is 8.42. The van der Waals surface area contributed by atoms with Crippen molar-refractivity contribution in [1.82, 2.24) is 9.78 Å². The van der Waals surface area contributed by atoms with Crippen LogP contribution in [0.15, 0.2) is 86.6 Å². The third-order valence-corrected chi connectivity index (χ3v) is 3.73. The summed E-state index contributed by atoms with van der Waals surface area (Å²) in [5.41, 5.74) is 0.529. The molecule has 0 saturated carbocycles. The molecule has 8 heteroatoms. The second kappa shape index (κ2) is 7.67. The molecule has 0 unspecified atom stereocenters. The van der Waals surface area contributed by atoms with Crippen LogP contribution in [-0.2, 0) is 11.3 Å². The van der Waals surface area contributed by atoms with E-state index in [0.29, 0.717) is 22.9 Å². The Bertz CT molecular complexity index is 1130. The molecular weight excluding hydrogens is 362 g/mol. The van der Waals surface area contributed by atoms with Gasteiger partial charge in [-0.25, -0.2) is 4.79 Å². The molecule has 1 amide bonds. The molecule has 0 saturated heterocycles. The van der Waals surface area contributed by atoms with Crippen molar-refractivity contribution in [2.24, 2.45) is 0 Å². The van der Waals surface area contributed by atoms with Gasteiger partial charge in [0.2, 0.25) is 5.91 Å². The lowest BCUT2D eigenvalue weighted by atomic mass is 10.3. The second-order valence-electron chi connectivity index (χ2n) is 5.80. The molecule has 0 aliphatic rings. The summed E-state index contributed by atoms with van der Waals surface area (Å²) in [6, 6.07) is 19.5. The van der Waals surface area contributed by atoms with Crippen LogP contribution in [0.2, 0.25) is 0 Å². The van der Waals surface area contributed by atoms with Crippen LogP contribution in [0.1, 0.15) is 0 Å². The smallest absolute Gasteiger partial charge is 0.437 e. The molecule has 2 aromatic carbocycles. The fraction of sp³-hybridized carbons (Fsp3) is 0.0500. The summed E-state index contributed by atoms with van der Waals surface area (Å²) in [5, 5.41) is 6.67. The zero-order valence-electron chi connectivity index (χ0n) is 14.6. The first kappa shape index (κ1) is 17.3. The predicted octanol–water partition coefficient (Wildman–Crippen LogP) is 3.53. The maximum atomic E-state index is 12.3. The van der Waals surface area contributed by atoms with Crippen LogP contribution in [0, 0.1) is 0 Å². The van der Waals surface area contributed by atoms with E-state index < -0.39 is 11.7 Å². The van der Waals surface area contributed by atoms with Crippen molar-refractivity contribution in [3.05, 3.63) is 83.5 Å². The van der Waals surface area contributed by atoms with E-state index in [-0.39, 0.29) is 12.4 Å². The van der Waals surface area contributed by atoms with Crippen molar-refractivity contribution >= 4 is 11.6 Å². The summed E-state index contributed by atoms with van der Waals surface area (Å²) in [5.74, 6) is 0.400. The van der Waals surface area contributed by atoms with Crippen molar-refractivity contribution in [2.45, 2.75) is 6.54 Å². The molecule has 0 fully saturated rings. The number of hydrogen-bond donors (Lipinski definition) is 1. The Labute approximate surface area is 159 Å². The molecular formula is C20H15N3O5. The summed E-state index contributed by atoms with van der Waals surface area (Å²) >= 11 is 0. The van der Waals surface area contributed by atoms with Crippen LogP contribution in [0.3, 0.4) is 0 Å². The summed E-state index contributed by atoms with van der Waals surface area (Å²) < 4.78 is 16.8. The molecule has 0 aliphatic heterocycles. The van der Waals surface area contributed by atoms with Gasteiger partial charge in [0.15, 0.2) is 5.76 Å². The van der Waals surface area contributed by atoms with Crippen molar-refractivity contribution in [3.63, 3.8) is 0 Å². The highest BCUT2D eigenvalue weighted by Crippen LogP contribution is 2.23. The Hall–Kier alpha value is -4.07. The van der Waals surface area contributed by atoms with Gasteiger partial charge >= 0.3 is 5.76 Å². The Morgan fingerprint density at radius 1 is 1.04 bits per heavy atom. The van der Waals surface area contributed by atoms with Gasteiger partial charge in [-0.3, -0.25) is 4.79 Å². The van der Waals surface area contributed by atoms with Gasteiger partial charge in [-0.2, -0.15) is 4.68 Å². The van der Waals surface area contributed by atoms with E-state index in [2.05, 4.69) is 10.4 Å². The number of aromatic nitrogens is 2. The highest BCUT2D eigenvalue weighted by Gasteiger charge is 2.15. The Morgan fingerprint density at radius 2 is 1.86 bits per heavy atom. The molecule has 2 aromatic heterocycles.